The lowest BCUT2D eigenvalue weighted by Gasteiger charge is -2.29. The molecular weight excluding hydrogens is 276 g/mol. The normalized spacial score (nSPS) is 15.4. The van der Waals surface area contributed by atoms with Crippen LogP contribution in [0.25, 0.3) is 0 Å². The molecule has 0 radical (unpaired) electrons. The first-order valence-electron chi connectivity index (χ1n) is 6.92. The van der Waals surface area contributed by atoms with Crippen molar-refractivity contribution < 1.29 is 9.53 Å². The van der Waals surface area contributed by atoms with E-state index in [4.69, 9.17) is 10.5 Å². The van der Waals surface area contributed by atoms with E-state index in [1.807, 2.05) is 35.2 Å². The lowest BCUT2D eigenvalue weighted by atomic mass is 9.98. The first-order chi connectivity index (χ1) is 9.31. The molecule has 1 fully saturated rings. The quantitative estimate of drug-likeness (QED) is 0.902. The maximum Gasteiger partial charge on any atom is 0.226 e. The zero-order valence-electron chi connectivity index (χ0n) is 11.7. The zero-order valence-corrected chi connectivity index (χ0v) is 12.5. The lowest BCUT2D eigenvalue weighted by molar-refractivity contribution is -0.139. The Morgan fingerprint density at radius 1 is 1.25 bits per heavy atom. The Kier molecular flexibility index (Phi) is 7.59. The minimum atomic E-state index is 0. The zero-order chi connectivity index (χ0) is 13.5. The molecule has 112 valence electrons. The van der Waals surface area contributed by atoms with Crippen LogP contribution in [0.2, 0.25) is 0 Å². The summed E-state index contributed by atoms with van der Waals surface area (Å²) in [5.74, 6) is 0.321. The number of carbonyl (C=O) groups is 1. The number of benzene rings is 1. The molecule has 1 heterocycles. The molecule has 20 heavy (non-hydrogen) atoms. The van der Waals surface area contributed by atoms with Crippen LogP contribution in [0.1, 0.15) is 18.4 Å². The van der Waals surface area contributed by atoms with Crippen molar-refractivity contribution in [1.82, 2.24) is 4.90 Å². The molecule has 1 aromatic rings. The molecule has 0 saturated carbocycles. The number of nitrogens with zero attached hydrogens (tertiary/aromatic N) is 1. The maximum atomic E-state index is 12.5. The topological polar surface area (TPSA) is 55.6 Å². The average Bonchev–Trinajstić information content (AvgIpc) is 2.48. The fourth-order valence-electron chi connectivity index (χ4n) is 2.43. The Labute approximate surface area is 126 Å². The van der Waals surface area contributed by atoms with Crippen LogP contribution in [-0.4, -0.2) is 37.1 Å². The van der Waals surface area contributed by atoms with Gasteiger partial charge >= 0.3 is 0 Å². The second-order valence-electron chi connectivity index (χ2n) is 4.92. The summed E-state index contributed by atoms with van der Waals surface area (Å²) in [5, 5.41) is 0. The summed E-state index contributed by atoms with van der Waals surface area (Å²) in [5.41, 5.74) is 6.78. The summed E-state index contributed by atoms with van der Waals surface area (Å²) >= 11 is 0. The van der Waals surface area contributed by atoms with Gasteiger partial charge in [-0.3, -0.25) is 4.79 Å². The Morgan fingerprint density at radius 3 is 2.50 bits per heavy atom. The molecule has 5 heteroatoms. The van der Waals surface area contributed by atoms with Crippen molar-refractivity contribution in [3.8, 4) is 0 Å². The van der Waals surface area contributed by atoms with Gasteiger partial charge in [0.25, 0.3) is 0 Å². The highest BCUT2D eigenvalue weighted by Crippen LogP contribution is 2.18. The highest BCUT2D eigenvalue weighted by atomic mass is 35.5. The summed E-state index contributed by atoms with van der Waals surface area (Å²) in [6, 6.07) is 10.1. The van der Waals surface area contributed by atoms with Crippen LogP contribution < -0.4 is 5.73 Å². The molecule has 2 rings (SSSR count). The molecule has 1 saturated heterocycles. The second kappa shape index (κ2) is 8.95. The van der Waals surface area contributed by atoms with Gasteiger partial charge in [-0.25, -0.2) is 0 Å². The minimum Gasteiger partial charge on any atom is -0.381 e. The Morgan fingerprint density at radius 2 is 1.90 bits per heavy atom. The molecule has 0 unspecified atom stereocenters. The number of amides is 1. The van der Waals surface area contributed by atoms with Crippen molar-refractivity contribution in [2.24, 2.45) is 11.7 Å². The van der Waals surface area contributed by atoms with Gasteiger partial charge in [-0.2, -0.15) is 0 Å². The van der Waals surface area contributed by atoms with Gasteiger partial charge in [0.15, 0.2) is 0 Å². The molecule has 0 spiro atoms. The number of hydrogen-bond acceptors (Lipinski definition) is 3. The number of ether oxygens (including phenoxy) is 1. The molecule has 0 atom stereocenters. The van der Waals surface area contributed by atoms with Crippen LogP contribution in [0, 0.1) is 5.92 Å². The predicted molar refractivity (Wildman–Crippen MR) is 81.7 cm³/mol. The fraction of sp³-hybridized carbons (Fsp3) is 0.533. The van der Waals surface area contributed by atoms with Gasteiger partial charge < -0.3 is 15.4 Å². The summed E-state index contributed by atoms with van der Waals surface area (Å²) in [4.78, 5) is 14.4. The van der Waals surface area contributed by atoms with E-state index >= 15 is 0 Å². The maximum absolute atomic E-state index is 12.5. The van der Waals surface area contributed by atoms with E-state index in [-0.39, 0.29) is 24.2 Å². The lowest BCUT2D eigenvalue weighted by Crippen LogP contribution is -2.40. The molecule has 1 amide bonds. The fourth-order valence-corrected chi connectivity index (χ4v) is 2.43. The van der Waals surface area contributed by atoms with Gasteiger partial charge in [-0.1, -0.05) is 30.3 Å². The van der Waals surface area contributed by atoms with Crippen molar-refractivity contribution in [3.05, 3.63) is 35.9 Å². The molecule has 0 bridgehead atoms. The molecule has 0 aliphatic carbocycles. The SMILES string of the molecule is Cl.NCCN(Cc1ccccc1)C(=O)C1CCOCC1. The third kappa shape index (κ3) is 4.78. The Hall–Kier alpha value is -1.10. The number of carbonyl (C=O) groups excluding carboxylic acids is 1. The van der Waals surface area contributed by atoms with Crippen molar-refractivity contribution in [1.29, 1.82) is 0 Å². The van der Waals surface area contributed by atoms with Gasteiger partial charge in [0.2, 0.25) is 5.91 Å². The minimum absolute atomic E-state index is 0. The smallest absolute Gasteiger partial charge is 0.226 e. The van der Waals surface area contributed by atoms with Crippen LogP contribution >= 0.6 is 12.4 Å². The average molecular weight is 299 g/mol. The number of halogens is 1. The van der Waals surface area contributed by atoms with E-state index in [0.29, 0.717) is 32.8 Å². The molecule has 1 aromatic carbocycles. The van der Waals surface area contributed by atoms with Crippen molar-refractivity contribution >= 4 is 18.3 Å². The molecule has 1 aliphatic rings. The van der Waals surface area contributed by atoms with E-state index in [9.17, 15) is 4.79 Å². The van der Waals surface area contributed by atoms with E-state index in [1.165, 1.54) is 0 Å². The van der Waals surface area contributed by atoms with Gasteiger partial charge in [0.05, 0.1) is 0 Å². The third-order valence-corrected chi connectivity index (χ3v) is 3.50. The molecule has 2 N–H and O–H groups in total. The van der Waals surface area contributed by atoms with Gasteiger partial charge in [-0.15, -0.1) is 12.4 Å². The highest BCUT2D eigenvalue weighted by Gasteiger charge is 2.25. The van der Waals surface area contributed by atoms with E-state index in [2.05, 4.69) is 0 Å². The van der Waals surface area contributed by atoms with Crippen LogP contribution in [0.4, 0.5) is 0 Å². The first kappa shape index (κ1) is 17.0. The highest BCUT2D eigenvalue weighted by molar-refractivity contribution is 5.85. The Bertz CT molecular complexity index is 394. The van der Waals surface area contributed by atoms with Gasteiger partial charge in [-0.05, 0) is 18.4 Å². The molecular formula is C15H23ClN2O2. The van der Waals surface area contributed by atoms with Crippen molar-refractivity contribution in [3.63, 3.8) is 0 Å². The molecule has 1 aliphatic heterocycles. The van der Waals surface area contributed by atoms with E-state index in [0.717, 1.165) is 18.4 Å². The molecule has 4 nitrogen and oxygen atoms in total. The van der Waals surface area contributed by atoms with E-state index < -0.39 is 0 Å². The van der Waals surface area contributed by atoms with Crippen LogP contribution in [-0.2, 0) is 16.1 Å². The van der Waals surface area contributed by atoms with Gasteiger partial charge in [0.1, 0.15) is 0 Å². The van der Waals surface area contributed by atoms with Crippen LogP contribution in [0.15, 0.2) is 30.3 Å². The number of hydrogen-bond donors (Lipinski definition) is 1. The predicted octanol–water partition coefficient (Wildman–Crippen LogP) is 1.82. The van der Waals surface area contributed by atoms with Gasteiger partial charge in [0, 0.05) is 38.8 Å². The summed E-state index contributed by atoms with van der Waals surface area (Å²) < 4.78 is 5.31. The van der Waals surface area contributed by atoms with Crippen molar-refractivity contribution in [2.45, 2.75) is 19.4 Å². The second-order valence-corrected chi connectivity index (χ2v) is 4.92. The molecule has 0 aromatic heterocycles. The largest absolute Gasteiger partial charge is 0.381 e. The first-order valence-corrected chi connectivity index (χ1v) is 6.92. The summed E-state index contributed by atoms with van der Waals surface area (Å²) in [6.07, 6.45) is 1.66. The number of nitrogens with two attached hydrogens (primary N) is 1. The number of rotatable bonds is 5. The monoisotopic (exact) mass is 298 g/mol. The van der Waals surface area contributed by atoms with Crippen LogP contribution in [0.3, 0.4) is 0 Å². The summed E-state index contributed by atoms with van der Waals surface area (Å²) in [6.45, 7) is 3.15. The van der Waals surface area contributed by atoms with E-state index in [1.54, 1.807) is 0 Å². The summed E-state index contributed by atoms with van der Waals surface area (Å²) in [7, 11) is 0. The third-order valence-electron chi connectivity index (χ3n) is 3.50. The van der Waals surface area contributed by atoms with Crippen molar-refractivity contribution in [2.75, 3.05) is 26.3 Å². The standard InChI is InChI=1S/C15H22N2O2.ClH/c16-8-9-17(12-13-4-2-1-3-5-13)15(18)14-6-10-19-11-7-14;/h1-5,14H,6-12,16H2;1H. The Balaban J connectivity index is 0.00000200. The van der Waals surface area contributed by atoms with Crippen LogP contribution in [0.5, 0.6) is 0 Å².